The van der Waals surface area contributed by atoms with Gasteiger partial charge in [0.2, 0.25) is 0 Å². The molecule has 0 radical (unpaired) electrons. The number of carbonyl (C=O) groups is 2. The number of ketones is 1. The highest BCUT2D eigenvalue weighted by Gasteiger charge is 2.52. The topological polar surface area (TPSA) is 40.6 Å². The van der Waals surface area contributed by atoms with Crippen molar-refractivity contribution in [3.05, 3.63) is 101 Å². The molecule has 1 aliphatic carbocycles. The van der Waals surface area contributed by atoms with Crippen LogP contribution in [0, 0.1) is 18.7 Å². The first-order valence-corrected chi connectivity index (χ1v) is 12.0. The van der Waals surface area contributed by atoms with Crippen LogP contribution in [0.15, 0.2) is 78.9 Å². The minimum absolute atomic E-state index is 0.149. The third-order valence-electron chi connectivity index (χ3n) is 7.15. The first-order valence-electron chi connectivity index (χ1n) is 12.0. The third kappa shape index (κ3) is 4.23. The molecule has 1 saturated heterocycles. The van der Waals surface area contributed by atoms with Crippen LogP contribution >= 0.6 is 0 Å². The Balaban J connectivity index is 1.65. The zero-order valence-corrected chi connectivity index (χ0v) is 19.4. The number of aryl methyl sites for hydroxylation is 1. The van der Waals surface area contributed by atoms with Gasteiger partial charge in [0, 0.05) is 24.6 Å². The Hall–Kier alpha value is -3.47. The molecule has 5 rings (SSSR count). The van der Waals surface area contributed by atoms with Crippen LogP contribution in [-0.2, 0) is 11.3 Å². The molecule has 5 heteroatoms. The molecule has 1 saturated carbocycles. The van der Waals surface area contributed by atoms with Gasteiger partial charge in [0.1, 0.15) is 11.6 Å². The molecule has 2 fully saturated rings. The molecule has 0 N–H and O–H groups in total. The van der Waals surface area contributed by atoms with Crippen molar-refractivity contribution in [2.45, 2.75) is 51.2 Å². The Morgan fingerprint density at radius 3 is 2.26 bits per heavy atom. The van der Waals surface area contributed by atoms with E-state index in [0.29, 0.717) is 18.7 Å². The highest BCUT2D eigenvalue weighted by Crippen LogP contribution is 2.45. The number of hydrogen-bond donors (Lipinski definition) is 0. The summed E-state index contributed by atoms with van der Waals surface area (Å²) in [6.45, 7) is 2.46. The molecule has 2 aliphatic rings. The number of halogens is 1. The fourth-order valence-electron chi connectivity index (χ4n) is 5.45. The van der Waals surface area contributed by atoms with Crippen LogP contribution in [-0.4, -0.2) is 22.8 Å². The normalized spacial score (nSPS) is 22.9. The van der Waals surface area contributed by atoms with Gasteiger partial charge in [-0.2, -0.15) is 0 Å². The van der Waals surface area contributed by atoms with Crippen molar-refractivity contribution in [2.75, 3.05) is 4.90 Å². The summed E-state index contributed by atoms with van der Waals surface area (Å²) in [4.78, 5) is 30.9. The molecule has 0 spiro atoms. The predicted molar refractivity (Wildman–Crippen MR) is 131 cm³/mol. The molecule has 4 nitrogen and oxygen atoms in total. The molecule has 3 atom stereocenters. The van der Waals surface area contributed by atoms with E-state index >= 15 is 0 Å². The van der Waals surface area contributed by atoms with E-state index in [-0.39, 0.29) is 35.6 Å². The lowest BCUT2D eigenvalue weighted by molar-refractivity contribution is -0.126. The number of hydrogen-bond acceptors (Lipinski definition) is 2. The molecule has 0 aromatic heterocycles. The van der Waals surface area contributed by atoms with Gasteiger partial charge in [0.15, 0.2) is 0 Å². The van der Waals surface area contributed by atoms with Crippen LogP contribution < -0.4 is 4.90 Å². The number of rotatable bonds is 5. The first kappa shape index (κ1) is 22.3. The van der Waals surface area contributed by atoms with Crippen molar-refractivity contribution in [1.82, 2.24) is 4.90 Å². The van der Waals surface area contributed by atoms with E-state index < -0.39 is 0 Å². The van der Waals surface area contributed by atoms with Crippen LogP contribution in [0.2, 0.25) is 0 Å². The van der Waals surface area contributed by atoms with E-state index in [0.717, 1.165) is 36.0 Å². The fraction of sp³-hybridized carbons (Fsp3) is 0.310. The van der Waals surface area contributed by atoms with Gasteiger partial charge in [-0.3, -0.25) is 9.69 Å². The lowest BCUT2D eigenvalue weighted by Gasteiger charge is -2.35. The van der Waals surface area contributed by atoms with Crippen LogP contribution in [0.4, 0.5) is 14.9 Å². The molecular formula is C29H29FN2O2. The SMILES string of the molecule is Cc1ccc([C@H]2[C@H](C3CCCCC3=O)N(Cc3ccccc3)C(=O)N2c2ccc(F)cc2)cc1. The summed E-state index contributed by atoms with van der Waals surface area (Å²) in [5.74, 6) is -0.333. The fourth-order valence-corrected chi connectivity index (χ4v) is 5.45. The number of carbonyl (C=O) groups excluding carboxylic acids is 2. The average molecular weight is 457 g/mol. The monoisotopic (exact) mass is 456 g/mol. The Bertz CT molecular complexity index is 1160. The van der Waals surface area contributed by atoms with Gasteiger partial charge in [-0.05, 0) is 55.2 Å². The van der Waals surface area contributed by atoms with Crippen molar-refractivity contribution in [3.63, 3.8) is 0 Å². The van der Waals surface area contributed by atoms with Crippen LogP contribution in [0.3, 0.4) is 0 Å². The number of amides is 2. The molecule has 2 amide bonds. The zero-order valence-electron chi connectivity index (χ0n) is 19.4. The van der Waals surface area contributed by atoms with Gasteiger partial charge in [-0.1, -0.05) is 66.6 Å². The number of urea groups is 1. The highest BCUT2D eigenvalue weighted by atomic mass is 19.1. The minimum atomic E-state index is -0.345. The van der Waals surface area contributed by atoms with E-state index in [1.165, 1.54) is 12.1 Å². The highest BCUT2D eigenvalue weighted by molar-refractivity contribution is 5.97. The molecule has 3 aromatic carbocycles. The molecular weight excluding hydrogens is 427 g/mol. The summed E-state index contributed by atoms with van der Waals surface area (Å²) in [5.41, 5.74) is 3.78. The summed E-state index contributed by atoms with van der Waals surface area (Å²) >= 11 is 0. The summed E-state index contributed by atoms with van der Waals surface area (Å²) in [6, 6.07) is 23.4. The summed E-state index contributed by atoms with van der Waals surface area (Å²) < 4.78 is 13.8. The number of anilines is 1. The molecule has 1 unspecified atom stereocenters. The van der Waals surface area contributed by atoms with Crippen molar-refractivity contribution < 1.29 is 14.0 Å². The number of nitrogens with zero attached hydrogens (tertiary/aromatic N) is 2. The standard InChI is InChI=1S/C29H29FN2O2/c1-20-11-13-22(14-12-20)27-28(25-9-5-6-10-26(25)33)31(19-21-7-3-2-4-8-21)29(34)32(27)24-17-15-23(30)16-18-24/h2-4,7-8,11-18,25,27-28H,5-6,9-10,19H2,1H3/t25?,27-,28-/m0/s1. The Morgan fingerprint density at radius 2 is 1.59 bits per heavy atom. The van der Waals surface area contributed by atoms with Gasteiger partial charge in [0.25, 0.3) is 0 Å². The third-order valence-corrected chi connectivity index (χ3v) is 7.15. The van der Waals surface area contributed by atoms with Crippen LogP contribution in [0.5, 0.6) is 0 Å². The summed E-state index contributed by atoms with van der Waals surface area (Å²) in [5, 5.41) is 0. The maximum Gasteiger partial charge on any atom is 0.325 e. The second-order valence-electron chi connectivity index (χ2n) is 9.41. The molecule has 1 heterocycles. The lowest BCUT2D eigenvalue weighted by Crippen LogP contribution is -2.43. The lowest BCUT2D eigenvalue weighted by atomic mass is 9.78. The quantitative estimate of drug-likeness (QED) is 0.443. The Labute approximate surface area is 200 Å². The van der Waals surface area contributed by atoms with Crippen molar-refractivity contribution >= 4 is 17.5 Å². The largest absolute Gasteiger partial charge is 0.325 e. The van der Waals surface area contributed by atoms with Gasteiger partial charge < -0.3 is 4.90 Å². The molecule has 0 bridgehead atoms. The van der Waals surface area contributed by atoms with E-state index in [1.54, 1.807) is 17.0 Å². The van der Waals surface area contributed by atoms with E-state index in [2.05, 4.69) is 12.1 Å². The summed E-state index contributed by atoms with van der Waals surface area (Å²) in [6.07, 6.45) is 3.23. The zero-order chi connectivity index (χ0) is 23.7. The molecule has 174 valence electrons. The van der Waals surface area contributed by atoms with E-state index in [9.17, 15) is 14.0 Å². The molecule has 1 aliphatic heterocycles. The van der Waals surface area contributed by atoms with Gasteiger partial charge in [-0.15, -0.1) is 0 Å². The van der Waals surface area contributed by atoms with Crippen molar-refractivity contribution in [2.24, 2.45) is 5.92 Å². The van der Waals surface area contributed by atoms with Crippen LogP contribution in [0.1, 0.15) is 48.4 Å². The van der Waals surface area contributed by atoms with Crippen LogP contribution in [0.25, 0.3) is 0 Å². The van der Waals surface area contributed by atoms with E-state index in [4.69, 9.17) is 0 Å². The number of benzene rings is 3. The first-order chi connectivity index (χ1) is 16.5. The van der Waals surface area contributed by atoms with E-state index in [1.807, 2.05) is 54.3 Å². The van der Waals surface area contributed by atoms with Gasteiger partial charge in [-0.25, -0.2) is 9.18 Å². The molecule has 3 aromatic rings. The van der Waals surface area contributed by atoms with Crippen molar-refractivity contribution in [3.8, 4) is 0 Å². The second kappa shape index (κ2) is 9.41. The Morgan fingerprint density at radius 1 is 0.882 bits per heavy atom. The molecule has 34 heavy (non-hydrogen) atoms. The average Bonchev–Trinajstić information content (AvgIpc) is 3.13. The number of Topliss-reactive ketones (excluding diaryl/α,β-unsaturated/α-hetero) is 1. The maximum atomic E-state index is 14.1. The maximum absolute atomic E-state index is 14.1. The second-order valence-corrected chi connectivity index (χ2v) is 9.41. The smallest absolute Gasteiger partial charge is 0.314 e. The minimum Gasteiger partial charge on any atom is -0.314 e. The van der Waals surface area contributed by atoms with Gasteiger partial charge >= 0.3 is 6.03 Å². The van der Waals surface area contributed by atoms with Gasteiger partial charge in [0.05, 0.1) is 12.1 Å². The summed E-state index contributed by atoms with van der Waals surface area (Å²) in [7, 11) is 0. The predicted octanol–water partition coefficient (Wildman–Crippen LogP) is 6.45. The Kier molecular flexibility index (Phi) is 6.18. The van der Waals surface area contributed by atoms with Crippen molar-refractivity contribution in [1.29, 1.82) is 0 Å².